The number of fused-ring (bicyclic) bond motifs is 1. The topological polar surface area (TPSA) is 40.6 Å². The van der Waals surface area contributed by atoms with Crippen LogP contribution in [0.25, 0.3) is 5.57 Å². The third-order valence-electron chi connectivity index (χ3n) is 6.46. The van der Waals surface area contributed by atoms with Gasteiger partial charge in [0.15, 0.2) is 11.6 Å². The molecule has 0 saturated heterocycles. The minimum Gasteiger partial charge on any atom is -0.362 e. The first-order valence-electron chi connectivity index (χ1n) is 10.8. The number of aryl methyl sites for hydroxylation is 2. The standard InChI is InChI=1S/C27H22F2N2O2/c1-16-7-8-19(13-17(16)2)24-25(30-12-11-18-5-3-4-6-20(18)15-30)27(33)31(26(24)32)21-9-10-22(28)23(29)14-21/h3-10,13-14H,11-12,15H2,1-2H3. The summed E-state index contributed by atoms with van der Waals surface area (Å²) in [6, 6.07) is 16.7. The summed E-state index contributed by atoms with van der Waals surface area (Å²) in [5.41, 5.74) is 5.61. The summed E-state index contributed by atoms with van der Waals surface area (Å²) in [7, 11) is 0. The maximum atomic E-state index is 14.0. The van der Waals surface area contributed by atoms with E-state index >= 15 is 0 Å². The van der Waals surface area contributed by atoms with Gasteiger partial charge in [-0.2, -0.15) is 0 Å². The number of amides is 2. The average molecular weight is 444 g/mol. The highest BCUT2D eigenvalue weighted by Gasteiger charge is 2.43. The van der Waals surface area contributed by atoms with Crippen molar-refractivity contribution in [3.8, 4) is 0 Å². The summed E-state index contributed by atoms with van der Waals surface area (Å²) in [5, 5.41) is 0. The van der Waals surface area contributed by atoms with Crippen LogP contribution in [0.3, 0.4) is 0 Å². The quantitative estimate of drug-likeness (QED) is 0.538. The van der Waals surface area contributed by atoms with E-state index in [0.717, 1.165) is 40.1 Å². The van der Waals surface area contributed by atoms with Crippen LogP contribution in [0.4, 0.5) is 14.5 Å². The highest BCUT2D eigenvalue weighted by atomic mass is 19.2. The molecule has 0 atom stereocenters. The number of rotatable bonds is 3. The minimum atomic E-state index is -1.11. The van der Waals surface area contributed by atoms with Crippen molar-refractivity contribution in [1.29, 1.82) is 0 Å². The van der Waals surface area contributed by atoms with Crippen LogP contribution in [-0.2, 0) is 22.6 Å². The van der Waals surface area contributed by atoms with E-state index in [0.29, 0.717) is 24.4 Å². The number of carbonyl (C=O) groups is 2. The number of hydrogen-bond acceptors (Lipinski definition) is 3. The van der Waals surface area contributed by atoms with E-state index in [-0.39, 0.29) is 11.3 Å². The molecule has 0 bridgehead atoms. The molecule has 0 N–H and O–H groups in total. The van der Waals surface area contributed by atoms with Gasteiger partial charge in [0.25, 0.3) is 11.8 Å². The van der Waals surface area contributed by atoms with Crippen molar-refractivity contribution in [2.45, 2.75) is 26.8 Å². The van der Waals surface area contributed by atoms with Crippen molar-refractivity contribution in [3.05, 3.63) is 106 Å². The number of benzene rings is 3. The van der Waals surface area contributed by atoms with E-state index in [4.69, 9.17) is 0 Å². The maximum Gasteiger partial charge on any atom is 0.282 e. The van der Waals surface area contributed by atoms with Crippen LogP contribution in [0.5, 0.6) is 0 Å². The third-order valence-corrected chi connectivity index (χ3v) is 6.46. The lowest BCUT2D eigenvalue weighted by Gasteiger charge is -2.31. The molecule has 4 nitrogen and oxygen atoms in total. The minimum absolute atomic E-state index is 0.0117. The Bertz CT molecular complexity index is 1350. The molecular formula is C27H22F2N2O2. The molecule has 2 amide bonds. The summed E-state index contributed by atoms with van der Waals surface area (Å²) in [5.74, 6) is -3.21. The normalized spacial score (nSPS) is 16.0. The van der Waals surface area contributed by atoms with E-state index in [1.54, 1.807) is 0 Å². The first kappa shape index (κ1) is 21.1. The molecule has 0 fully saturated rings. The van der Waals surface area contributed by atoms with Gasteiger partial charge < -0.3 is 4.90 Å². The van der Waals surface area contributed by atoms with Gasteiger partial charge in [0.2, 0.25) is 0 Å². The molecule has 3 aromatic rings. The Labute approximate surface area is 190 Å². The van der Waals surface area contributed by atoms with Crippen LogP contribution in [0, 0.1) is 25.5 Å². The number of carbonyl (C=O) groups excluding carboxylic acids is 2. The number of halogens is 2. The molecule has 2 heterocycles. The maximum absolute atomic E-state index is 14.0. The lowest BCUT2D eigenvalue weighted by Crippen LogP contribution is -2.37. The first-order valence-corrected chi connectivity index (χ1v) is 10.8. The summed E-state index contributed by atoms with van der Waals surface area (Å²) >= 11 is 0. The van der Waals surface area contributed by atoms with Gasteiger partial charge in [0.1, 0.15) is 5.70 Å². The molecule has 0 aliphatic carbocycles. The number of imide groups is 1. The van der Waals surface area contributed by atoms with E-state index < -0.39 is 23.4 Å². The van der Waals surface area contributed by atoms with Gasteiger partial charge in [-0.15, -0.1) is 0 Å². The molecule has 2 aliphatic rings. The fourth-order valence-electron chi connectivity index (χ4n) is 4.51. The van der Waals surface area contributed by atoms with Crippen molar-refractivity contribution < 1.29 is 18.4 Å². The van der Waals surface area contributed by atoms with Gasteiger partial charge in [-0.3, -0.25) is 9.59 Å². The van der Waals surface area contributed by atoms with Crippen molar-refractivity contribution in [2.75, 3.05) is 11.4 Å². The fourth-order valence-corrected chi connectivity index (χ4v) is 4.51. The van der Waals surface area contributed by atoms with Crippen molar-refractivity contribution in [1.82, 2.24) is 4.90 Å². The number of hydrogen-bond donors (Lipinski definition) is 0. The molecule has 0 spiro atoms. The molecule has 3 aromatic carbocycles. The Morgan fingerprint density at radius 3 is 2.27 bits per heavy atom. The van der Waals surface area contributed by atoms with Gasteiger partial charge in [-0.05, 0) is 60.2 Å². The van der Waals surface area contributed by atoms with Gasteiger partial charge in [-0.25, -0.2) is 13.7 Å². The monoisotopic (exact) mass is 444 g/mol. The van der Waals surface area contributed by atoms with Gasteiger partial charge >= 0.3 is 0 Å². The molecule has 0 aromatic heterocycles. The molecule has 0 saturated carbocycles. The first-order chi connectivity index (χ1) is 15.8. The number of anilines is 1. The second-order valence-electron chi connectivity index (χ2n) is 8.51. The van der Waals surface area contributed by atoms with Crippen LogP contribution in [0.2, 0.25) is 0 Å². The van der Waals surface area contributed by atoms with Gasteiger partial charge in [0.05, 0.1) is 11.3 Å². The Hall–Kier alpha value is -3.80. The molecule has 33 heavy (non-hydrogen) atoms. The summed E-state index contributed by atoms with van der Waals surface area (Å²) in [6.45, 7) is 4.99. The summed E-state index contributed by atoms with van der Waals surface area (Å²) in [4.78, 5) is 30.1. The van der Waals surface area contributed by atoms with Crippen molar-refractivity contribution in [3.63, 3.8) is 0 Å². The highest BCUT2D eigenvalue weighted by molar-refractivity contribution is 6.45. The van der Waals surface area contributed by atoms with E-state index in [9.17, 15) is 18.4 Å². The highest BCUT2D eigenvalue weighted by Crippen LogP contribution is 2.37. The second kappa shape index (κ2) is 7.96. The Balaban J connectivity index is 1.64. The second-order valence-corrected chi connectivity index (χ2v) is 8.51. The predicted octanol–water partition coefficient (Wildman–Crippen LogP) is 4.92. The largest absolute Gasteiger partial charge is 0.362 e. The van der Waals surface area contributed by atoms with Crippen LogP contribution >= 0.6 is 0 Å². The number of nitrogens with zero attached hydrogens (tertiary/aromatic N) is 2. The molecule has 0 unspecified atom stereocenters. The lowest BCUT2D eigenvalue weighted by atomic mass is 9.96. The molecular weight excluding hydrogens is 422 g/mol. The van der Waals surface area contributed by atoms with Crippen LogP contribution in [0.15, 0.2) is 66.4 Å². The molecule has 166 valence electrons. The van der Waals surface area contributed by atoms with Crippen LogP contribution < -0.4 is 4.90 Å². The smallest absolute Gasteiger partial charge is 0.282 e. The third kappa shape index (κ3) is 3.52. The van der Waals surface area contributed by atoms with Crippen molar-refractivity contribution in [2.24, 2.45) is 0 Å². The Morgan fingerprint density at radius 1 is 0.788 bits per heavy atom. The Kier molecular flexibility index (Phi) is 5.08. The summed E-state index contributed by atoms with van der Waals surface area (Å²) < 4.78 is 27.5. The zero-order valence-electron chi connectivity index (χ0n) is 18.4. The fraction of sp³-hybridized carbons (Fsp3) is 0.185. The van der Waals surface area contributed by atoms with E-state index in [1.807, 2.05) is 55.1 Å². The zero-order valence-corrected chi connectivity index (χ0v) is 18.4. The predicted molar refractivity (Wildman–Crippen MR) is 122 cm³/mol. The zero-order chi connectivity index (χ0) is 23.3. The SMILES string of the molecule is Cc1ccc(C2=C(N3CCc4ccccc4C3)C(=O)N(c3ccc(F)c(F)c3)C2=O)cc1C. The van der Waals surface area contributed by atoms with Crippen LogP contribution in [-0.4, -0.2) is 23.3 Å². The summed E-state index contributed by atoms with van der Waals surface area (Å²) in [6.07, 6.45) is 0.743. The van der Waals surface area contributed by atoms with Crippen molar-refractivity contribution >= 4 is 23.1 Å². The molecule has 5 rings (SSSR count). The van der Waals surface area contributed by atoms with E-state index in [1.165, 1.54) is 11.6 Å². The van der Waals surface area contributed by atoms with E-state index in [2.05, 4.69) is 6.07 Å². The molecule has 2 aliphatic heterocycles. The lowest BCUT2D eigenvalue weighted by molar-refractivity contribution is -0.120. The Morgan fingerprint density at radius 2 is 1.55 bits per heavy atom. The average Bonchev–Trinajstić information content (AvgIpc) is 3.07. The van der Waals surface area contributed by atoms with Gasteiger partial charge in [0, 0.05) is 19.2 Å². The molecule has 0 radical (unpaired) electrons. The van der Waals surface area contributed by atoms with Gasteiger partial charge in [-0.1, -0.05) is 42.5 Å². The molecule has 6 heteroatoms. The van der Waals surface area contributed by atoms with Crippen LogP contribution in [0.1, 0.15) is 27.8 Å².